The van der Waals surface area contributed by atoms with Gasteiger partial charge in [0.05, 0.1) is 16.5 Å². The number of nitrogens with one attached hydrogen (secondary N) is 1. The number of hydrogen-bond donors (Lipinski definition) is 1. The standard InChI is InChI=1S/C23H29N5O3S2/c1-4-16(2)28-22-9-8-20(15-21(22)25-26-28)33(30,31)27-12-10-17(11-13-27)23(29)24-18-6-5-7-19(14-18)32-3/h5-9,14-17H,4,10-13H2,1-3H3,(H,24,29)/t16-/m1/s1. The Morgan fingerprint density at radius 2 is 1.97 bits per heavy atom. The van der Waals surface area contributed by atoms with Crippen LogP contribution in [0.1, 0.15) is 39.2 Å². The van der Waals surface area contributed by atoms with Crippen molar-refractivity contribution in [1.82, 2.24) is 19.3 Å². The van der Waals surface area contributed by atoms with Gasteiger partial charge in [-0.1, -0.05) is 18.2 Å². The molecule has 1 aromatic heterocycles. The van der Waals surface area contributed by atoms with Crippen LogP contribution in [0.2, 0.25) is 0 Å². The second-order valence-corrected chi connectivity index (χ2v) is 11.2. The third-order valence-electron chi connectivity index (χ3n) is 6.25. The van der Waals surface area contributed by atoms with Gasteiger partial charge in [0.2, 0.25) is 15.9 Å². The van der Waals surface area contributed by atoms with E-state index in [1.807, 2.05) is 35.2 Å². The number of thioether (sulfide) groups is 1. The zero-order valence-corrected chi connectivity index (χ0v) is 20.7. The van der Waals surface area contributed by atoms with E-state index in [0.29, 0.717) is 31.4 Å². The van der Waals surface area contributed by atoms with Crippen molar-refractivity contribution >= 4 is 44.4 Å². The van der Waals surface area contributed by atoms with Gasteiger partial charge in [-0.2, -0.15) is 4.31 Å². The molecule has 1 fully saturated rings. The van der Waals surface area contributed by atoms with E-state index >= 15 is 0 Å². The molecule has 176 valence electrons. The van der Waals surface area contributed by atoms with Crippen molar-refractivity contribution < 1.29 is 13.2 Å². The normalized spacial score (nSPS) is 16.7. The number of anilines is 1. The van der Waals surface area contributed by atoms with Crippen molar-refractivity contribution in [3.05, 3.63) is 42.5 Å². The molecule has 0 saturated carbocycles. The Morgan fingerprint density at radius 3 is 2.67 bits per heavy atom. The average Bonchev–Trinajstić information content (AvgIpc) is 3.27. The molecule has 8 nitrogen and oxygen atoms in total. The minimum atomic E-state index is -3.67. The van der Waals surface area contributed by atoms with Crippen LogP contribution in [-0.2, 0) is 14.8 Å². The Balaban J connectivity index is 1.42. The molecule has 0 radical (unpaired) electrons. The van der Waals surface area contributed by atoms with Crippen LogP contribution in [-0.4, -0.2) is 53.0 Å². The molecule has 1 saturated heterocycles. The smallest absolute Gasteiger partial charge is 0.243 e. The summed E-state index contributed by atoms with van der Waals surface area (Å²) < 4.78 is 29.8. The van der Waals surface area contributed by atoms with Crippen LogP contribution >= 0.6 is 11.8 Å². The van der Waals surface area contributed by atoms with Crippen molar-refractivity contribution in [2.45, 2.75) is 48.9 Å². The molecule has 1 atom stereocenters. The Hall–Kier alpha value is -2.43. The maximum absolute atomic E-state index is 13.2. The topological polar surface area (TPSA) is 97.2 Å². The summed E-state index contributed by atoms with van der Waals surface area (Å²) in [5.41, 5.74) is 2.16. The van der Waals surface area contributed by atoms with Crippen molar-refractivity contribution in [1.29, 1.82) is 0 Å². The van der Waals surface area contributed by atoms with E-state index in [1.54, 1.807) is 30.0 Å². The van der Waals surface area contributed by atoms with Crippen molar-refractivity contribution in [3.8, 4) is 0 Å². The van der Waals surface area contributed by atoms with Crippen LogP contribution in [0.4, 0.5) is 5.69 Å². The molecule has 0 spiro atoms. The fraction of sp³-hybridized carbons (Fsp3) is 0.435. The summed E-state index contributed by atoms with van der Waals surface area (Å²) in [7, 11) is -3.67. The van der Waals surface area contributed by atoms with E-state index in [0.717, 1.165) is 22.5 Å². The highest BCUT2D eigenvalue weighted by molar-refractivity contribution is 7.98. The molecule has 1 N–H and O–H groups in total. The van der Waals surface area contributed by atoms with Gasteiger partial charge in [0.1, 0.15) is 5.52 Å². The zero-order chi connectivity index (χ0) is 23.6. The van der Waals surface area contributed by atoms with Crippen LogP contribution in [0, 0.1) is 5.92 Å². The number of hydrogen-bond acceptors (Lipinski definition) is 6. The number of fused-ring (bicyclic) bond motifs is 1. The molecule has 1 aliphatic rings. The lowest BCUT2D eigenvalue weighted by Crippen LogP contribution is -2.41. The molecular formula is C23H29N5O3S2. The molecule has 1 amide bonds. The molecule has 0 aliphatic carbocycles. The largest absolute Gasteiger partial charge is 0.326 e. The minimum Gasteiger partial charge on any atom is -0.326 e. The van der Waals surface area contributed by atoms with Gasteiger partial charge < -0.3 is 5.32 Å². The van der Waals surface area contributed by atoms with Gasteiger partial charge in [-0.05, 0) is 68.8 Å². The molecule has 3 aromatic rings. The minimum absolute atomic E-state index is 0.0617. The van der Waals surface area contributed by atoms with Gasteiger partial charge in [0, 0.05) is 29.6 Å². The highest BCUT2D eigenvalue weighted by Crippen LogP contribution is 2.28. The first-order valence-electron chi connectivity index (χ1n) is 11.1. The Morgan fingerprint density at radius 1 is 1.21 bits per heavy atom. The molecule has 4 rings (SSSR count). The van der Waals surface area contributed by atoms with Gasteiger partial charge in [-0.3, -0.25) is 4.79 Å². The summed E-state index contributed by atoms with van der Waals surface area (Å²) in [6.07, 6.45) is 3.87. The first kappa shape index (κ1) is 23.7. The molecule has 2 heterocycles. The summed E-state index contributed by atoms with van der Waals surface area (Å²) in [4.78, 5) is 14.0. The summed E-state index contributed by atoms with van der Waals surface area (Å²) in [6.45, 7) is 4.74. The van der Waals surface area contributed by atoms with E-state index in [-0.39, 0.29) is 22.8 Å². The van der Waals surface area contributed by atoms with Gasteiger partial charge in [-0.15, -0.1) is 16.9 Å². The second kappa shape index (κ2) is 9.82. The Labute approximate surface area is 198 Å². The first-order chi connectivity index (χ1) is 15.8. The fourth-order valence-corrected chi connectivity index (χ4v) is 5.98. The maximum Gasteiger partial charge on any atom is 0.243 e. The van der Waals surface area contributed by atoms with Crippen molar-refractivity contribution in [2.75, 3.05) is 24.7 Å². The number of benzene rings is 2. The average molecular weight is 488 g/mol. The third-order valence-corrected chi connectivity index (χ3v) is 8.87. The van der Waals surface area contributed by atoms with Crippen LogP contribution in [0.3, 0.4) is 0 Å². The number of carbonyl (C=O) groups excluding carboxylic acids is 1. The predicted molar refractivity (Wildman–Crippen MR) is 131 cm³/mol. The number of rotatable bonds is 7. The van der Waals surface area contributed by atoms with Crippen molar-refractivity contribution in [3.63, 3.8) is 0 Å². The lowest BCUT2D eigenvalue weighted by Gasteiger charge is -2.30. The van der Waals surface area contributed by atoms with Crippen LogP contribution in [0.15, 0.2) is 52.3 Å². The highest BCUT2D eigenvalue weighted by Gasteiger charge is 2.32. The molecule has 0 bridgehead atoms. The monoisotopic (exact) mass is 487 g/mol. The highest BCUT2D eigenvalue weighted by atomic mass is 32.2. The van der Waals surface area contributed by atoms with Crippen molar-refractivity contribution in [2.24, 2.45) is 5.92 Å². The number of piperidine rings is 1. The molecule has 0 unspecified atom stereocenters. The second-order valence-electron chi connectivity index (χ2n) is 8.34. The lowest BCUT2D eigenvalue weighted by atomic mass is 9.97. The molecule has 10 heteroatoms. The number of aromatic nitrogens is 3. The number of amides is 1. The van der Waals surface area contributed by atoms with E-state index in [4.69, 9.17) is 0 Å². The lowest BCUT2D eigenvalue weighted by molar-refractivity contribution is -0.120. The SMILES string of the molecule is CC[C@@H](C)n1nnc2cc(S(=O)(=O)N3CCC(C(=O)Nc4cccc(SC)c4)CC3)ccc21. The molecule has 2 aromatic carbocycles. The molecular weight excluding hydrogens is 458 g/mol. The Kier molecular flexibility index (Phi) is 7.06. The summed E-state index contributed by atoms with van der Waals surface area (Å²) in [5, 5.41) is 11.3. The predicted octanol–water partition coefficient (Wildman–Crippen LogP) is 4.16. The zero-order valence-electron chi connectivity index (χ0n) is 19.1. The van der Waals surface area contributed by atoms with Crippen LogP contribution < -0.4 is 5.32 Å². The van der Waals surface area contributed by atoms with E-state index in [2.05, 4.69) is 29.5 Å². The summed E-state index contributed by atoms with van der Waals surface area (Å²) >= 11 is 1.62. The summed E-state index contributed by atoms with van der Waals surface area (Å²) in [5.74, 6) is -0.277. The fourth-order valence-electron chi connectivity index (χ4n) is 4.03. The molecule has 33 heavy (non-hydrogen) atoms. The molecule has 1 aliphatic heterocycles. The van der Waals surface area contributed by atoms with E-state index in [9.17, 15) is 13.2 Å². The summed E-state index contributed by atoms with van der Waals surface area (Å²) in [6, 6.07) is 12.9. The van der Waals surface area contributed by atoms with Crippen LogP contribution in [0.5, 0.6) is 0 Å². The van der Waals surface area contributed by atoms with E-state index in [1.165, 1.54) is 4.31 Å². The number of sulfonamides is 1. The first-order valence-corrected chi connectivity index (χ1v) is 13.8. The van der Waals surface area contributed by atoms with Gasteiger partial charge in [0.15, 0.2) is 0 Å². The third kappa shape index (κ3) is 4.92. The van der Waals surface area contributed by atoms with Gasteiger partial charge in [0.25, 0.3) is 0 Å². The maximum atomic E-state index is 13.2. The number of nitrogens with zero attached hydrogens (tertiary/aromatic N) is 4. The van der Waals surface area contributed by atoms with Crippen LogP contribution in [0.25, 0.3) is 11.0 Å². The Bertz CT molecular complexity index is 1250. The number of carbonyl (C=O) groups is 1. The van der Waals surface area contributed by atoms with Gasteiger partial charge >= 0.3 is 0 Å². The quantitative estimate of drug-likeness (QED) is 0.503. The van der Waals surface area contributed by atoms with E-state index < -0.39 is 10.0 Å². The van der Waals surface area contributed by atoms with Gasteiger partial charge in [-0.25, -0.2) is 13.1 Å².